The van der Waals surface area contributed by atoms with Crippen LogP contribution in [-0.2, 0) is 22.6 Å². The standard InChI is InChI=1S/C22H20Cl3N5O2S/c1-3-8-30-19(11-20(31)26-14-5-4-13(2)17(24)9-14)28-29-22(30)33-12-21(32)27-15-6-7-16(23)18(25)10-15/h3-7,9-10H,1,8,11-12H2,2H3,(H,26,31)(H,27,32). The number of anilines is 2. The SMILES string of the molecule is C=CCn1c(CC(=O)Nc2ccc(C)c(Cl)c2)nnc1SCC(=O)Nc1ccc(Cl)c(Cl)c1. The van der Waals surface area contributed by atoms with Crippen LogP contribution < -0.4 is 10.6 Å². The highest BCUT2D eigenvalue weighted by molar-refractivity contribution is 7.99. The van der Waals surface area contributed by atoms with Crippen molar-refractivity contribution in [2.45, 2.75) is 25.0 Å². The van der Waals surface area contributed by atoms with Gasteiger partial charge in [0, 0.05) is 22.9 Å². The number of thioether (sulfide) groups is 1. The van der Waals surface area contributed by atoms with E-state index < -0.39 is 0 Å². The second-order valence-electron chi connectivity index (χ2n) is 6.95. The smallest absolute Gasteiger partial charge is 0.234 e. The Balaban J connectivity index is 1.62. The molecule has 11 heteroatoms. The summed E-state index contributed by atoms with van der Waals surface area (Å²) in [7, 11) is 0. The Kier molecular flexibility index (Phi) is 8.80. The van der Waals surface area contributed by atoms with Crippen LogP contribution in [-0.4, -0.2) is 32.3 Å². The van der Waals surface area contributed by atoms with Crippen LogP contribution in [0.15, 0.2) is 54.2 Å². The quantitative estimate of drug-likeness (QED) is 0.279. The lowest BCUT2D eigenvalue weighted by Gasteiger charge is -2.09. The molecule has 0 spiro atoms. The van der Waals surface area contributed by atoms with Crippen LogP contribution in [0.25, 0.3) is 0 Å². The van der Waals surface area contributed by atoms with E-state index in [0.717, 1.165) is 5.56 Å². The largest absolute Gasteiger partial charge is 0.326 e. The molecular weight excluding hydrogens is 505 g/mol. The molecule has 0 bridgehead atoms. The van der Waals surface area contributed by atoms with E-state index >= 15 is 0 Å². The number of carbonyl (C=O) groups excluding carboxylic acids is 2. The van der Waals surface area contributed by atoms with E-state index in [4.69, 9.17) is 34.8 Å². The molecular formula is C22H20Cl3N5O2S. The number of rotatable bonds is 9. The van der Waals surface area contributed by atoms with Gasteiger partial charge in [-0.1, -0.05) is 58.7 Å². The zero-order chi connectivity index (χ0) is 24.0. The van der Waals surface area contributed by atoms with Crippen LogP contribution >= 0.6 is 46.6 Å². The number of hydrogen-bond acceptors (Lipinski definition) is 5. The zero-order valence-corrected chi connectivity index (χ0v) is 20.7. The Morgan fingerprint density at radius 1 is 1.00 bits per heavy atom. The first-order valence-corrected chi connectivity index (χ1v) is 11.9. The number of amides is 2. The summed E-state index contributed by atoms with van der Waals surface area (Å²) in [4.78, 5) is 24.8. The van der Waals surface area contributed by atoms with Crippen molar-refractivity contribution in [3.05, 3.63) is 75.5 Å². The van der Waals surface area contributed by atoms with Crippen molar-refractivity contribution in [1.82, 2.24) is 14.8 Å². The van der Waals surface area contributed by atoms with Crippen molar-refractivity contribution in [1.29, 1.82) is 0 Å². The van der Waals surface area contributed by atoms with Crippen molar-refractivity contribution in [3.8, 4) is 0 Å². The third kappa shape index (κ3) is 6.98. The fourth-order valence-corrected chi connectivity index (χ4v) is 4.03. The number of aromatic nitrogens is 3. The highest BCUT2D eigenvalue weighted by Crippen LogP contribution is 2.25. The fourth-order valence-electron chi connectivity index (χ4n) is 2.79. The lowest BCUT2D eigenvalue weighted by Crippen LogP contribution is -2.18. The van der Waals surface area contributed by atoms with Gasteiger partial charge in [0.1, 0.15) is 5.82 Å². The van der Waals surface area contributed by atoms with Gasteiger partial charge in [-0.3, -0.25) is 9.59 Å². The first-order valence-electron chi connectivity index (χ1n) is 9.73. The van der Waals surface area contributed by atoms with Crippen LogP contribution in [0.1, 0.15) is 11.4 Å². The molecule has 3 aromatic rings. The fraction of sp³-hybridized carbons (Fsp3) is 0.182. The van der Waals surface area contributed by atoms with E-state index in [1.807, 2.05) is 13.0 Å². The number of benzene rings is 2. The predicted molar refractivity (Wildman–Crippen MR) is 135 cm³/mol. The van der Waals surface area contributed by atoms with Gasteiger partial charge in [-0.25, -0.2) is 0 Å². The summed E-state index contributed by atoms with van der Waals surface area (Å²) in [6, 6.07) is 10.1. The van der Waals surface area contributed by atoms with Crippen LogP contribution in [0, 0.1) is 6.92 Å². The van der Waals surface area contributed by atoms with Crippen LogP contribution in [0.4, 0.5) is 11.4 Å². The van der Waals surface area contributed by atoms with Crippen molar-refractivity contribution < 1.29 is 9.59 Å². The van der Waals surface area contributed by atoms with Crippen molar-refractivity contribution in [2.75, 3.05) is 16.4 Å². The second kappa shape index (κ2) is 11.6. The third-order valence-electron chi connectivity index (χ3n) is 4.42. The van der Waals surface area contributed by atoms with Gasteiger partial charge in [0.25, 0.3) is 0 Å². The van der Waals surface area contributed by atoms with Crippen molar-refractivity contribution >= 4 is 69.8 Å². The van der Waals surface area contributed by atoms with Crippen LogP contribution in [0.3, 0.4) is 0 Å². The van der Waals surface area contributed by atoms with Gasteiger partial charge < -0.3 is 15.2 Å². The minimum atomic E-state index is -0.262. The number of halogens is 3. The molecule has 0 atom stereocenters. The molecule has 1 aromatic heterocycles. The highest BCUT2D eigenvalue weighted by Gasteiger charge is 2.17. The summed E-state index contributed by atoms with van der Waals surface area (Å²) >= 11 is 19.2. The monoisotopic (exact) mass is 523 g/mol. The lowest BCUT2D eigenvalue weighted by molar-refractivity contribution is -0.116. The van der Waals surface area contributed by atoms with E-state index in [9.17, 15) is 9.59 Å². The van der Waals surface area contributed by atoms with Gasteiger partial charge >= 0.3 is 0 Å². The average molecular weight is 525 g/mol. The van der Waals surface area contributed by atoms with Crippen molar-refractivity contribution in [2.24, 2.45) is 0 Å². The van der Waals surface area contributed by atoms with E-state index in [1.54, 1.807) is 41.0 Å². The summed E-state index contributed by atoms with van der Waals surface area (Å²) in [5, 5.41) is 15.6. The molecule has 2 N–H and O–H groups in total. The minimum absolute atomic E-state index is 0.00235. The summed E-state index contributed by atoms with van der Waals surface area (Å²) in [5.74, 6) is 0.0328. The summed E-state index contributed by atoms with van der Waals surface area (Å²) < 4.78 is 1.74. The number of carbonyl (C=O) groups is 2. The Morgan fingerprint density at radius 3 is 2.33 bits per heavy atom. The summed E-state index contributed by atoms with van der Waals surface area (Å²) in [6.07, 6.45) is 1.67. The maximum atomic E-state index is 12.5. The maximum absolute atomic E-state index is 12.5. The predicted octanol–water partition coefficient (Wildman–Crippen LogP) is 5.64. The molecule has 0 radical (unpaired) electrons. The Morgan fingerprint density at radius 2 is 1.67 bits per heavy atom. The molecule has 0 aliphatic heterocycles. The zero-order valence-electron chi connectivity index (χ0n) is 17.6. The molecule has 1 heterocycles. The number of aryl methyl sites for hydroxylation is 1. The second-order valence-corrected chi connectivity index (χ2v) is 9.12. The van der Waals surface area contributed by atoms with E-state index in [2.05, 4.69) is 27.4 Å². The van der Waals surface area contributed by atoms with Gasteiger partial charge in [-0.15, -0.1) is 16.8 Å². The molecule has 0 aliphatic rings. The maximum Gasteiger partial charge on any atom is 0.234 e. The lowest BCUT2D eigenvalue weighted by atomic mass is 10.2. The topological polar surface area (TPSA) is 88.9 Å². The van der Waals surface area contributed by atoms with E-state index in [-0.39, 0.29) is 24.0 Å². The van der Waals surface area contributed by atoms with Gasteiger partial charge in [-0.2, -0.15) is 0 Å². The van der Waals surface area contributed by atoms with E-state index in [1.165, 1.54) is 11.8 Å². The van der Waals surface area contributed by atoms with Gasteiger partial charge in [0.05, 0.1) is 22.2 Å². The van der Waals surface area contributed by atoms with Crippen LogP contribution in [0.5, 0.6) is 0 Å². The summed E-state index contributed by atoms with van der Waals surface area (Å²) in [6.45, 7) is 6.02. The Hall–Kier alpha value is -2.52. The minimum Gasteiger partial charge on any atom is -0.326 e. The molecule has 0 saturated carbocycles. The molecule has 0 unspecified atom stereocenters. The Bertz CT molecular complexity index is 1200. The molecule has 2 aromatic carbocycles. The first kappa shape index (κ1) is 25.1. The van der Waals surface area contributed by atoms with Gasteiger partial charge in [0.2, 0.25) is 11.8 Å². The van der Waals surface area contributed by atoms with Crippen LogP contribution in [0.2, 0.25) is 15.1 Å². The Labute approximate surface area is 210 Å². The molecule has 0 fully saturated rings. The van der Waals surface area contributed by atoms with Crippen molar-refractivity contribution in [3.63, 3.8) is 0 Å². The number of allylic oxidation sites excluding steroid dienone is 1. The molecule has 33 heavy (non-hydrogen) atoms. The molecule has 0 saturated heterocycles. The van der Waals surface area contributed by atoms with Gasteiger partial charge in [0.15, 0.2) is 5.16 Å². The molecule has 7 nitrogen and oxygen atoms in total. The van der Waals surface area contributed by atoms with Gasteiger partial charge in [-0.05, 0) is 42.8 Å². The number of nitrogens with zero attached hydrogens (tertiary/aromatic N) is 3. The molecule has 2 amide bonds. The normalized spacial score (nSPS) is 10.7. The van der Waals surface area contributed by atoms with E-state index in [0.29, 0.717) is 44.0 Å². The highest BCUT2D eigenvalue weighted by atomic mass is 35.5. The average Bonchev–Trinajstić information content (AvgIpc) is 3.13. The number of nitrogens with one attached hydrogen (secondary N) is 2. The number of hydrogen-bond donors (Lipinski definition) is 2. The molecule has 0 aliphatic carbocycles. The molecule has 3 rings (SSSR count). The summed E-state index contributed by atoms with van der Waals surface area (Å²) in [5.41, 5.74) is 2.06. The third-order valence-corrected chi connectivity index (χ3v) is 6.53. The molecule has 172 valence electrons. The first-order chi connectivity index (χ1) is 15.8.